The SMILES string of the molecule is C[C@H]1C[C@H](C)CN(c2nc(Cl)nc(N)c2[N+](=O)[O-])C1. The fourth-order valence-electron chi connectivity index (χ4n) is 2.66. The molecule has 0 spiro atoms. The molecule has 2 heterocycles. The highest BCUT2D eigenvalue weighted by molar-refractivity contribution is 6.28. The average Bonchev–Trinajstić information content (AvgIpc) is 2.25. The second-order valence-corrected chi connectivity index (χ2v) is 5.50. The van der Waals surface area contributed by atoms with Crippen molar-refractivity contribution in [3.05, 3.63) is 15.4 Å². The Hall–Kier alpha value is -1.63. The van der Waals surface area contributed by atoms with Crippen molar-refractivity contribution in [1.82, 2.24) is 9.97 Å². The van der Waals surface area contributed by atoms with Crippen molar-refractivity contribution in [2.24, 2.45) is 11.8 Å². The Bertz CT molecular complexity index is 500. The van der Waals surface area contributed by atoms with Gasteiger partial charge in [0.1, 0.15) is 0 Å². The fraction of sp³-hybridized carbons (Fsp3) is 0.636. The molecule has 0 saturated carbocycles. The number of anilines is 2. The van der Waals surface area contributed by atoms with Crippen LogP contribution < -0.4 is 10.6 Å². The molecule has 0 radical (unpaired) electrons. The molecule has 7 nitrogen and oxygen atoms in total. The lowest BCUT2D eigenvalue weighted by Crippen LogP contribution is -2.39. The highest BCUT2D eigenvalue weighted by Crippen LogP contribution is 2.35. The third-order valence-corrected chi connectivity index (χ3v) is 3.39. The molecule has 8 heteroatoms. The van der Waals surface area contributed by atoms with E-state index < -0.39 is 4.92 Å². The normalized spacial score (nSPS) is 23.4. The molecule has 2 rings (SSSR count). The third kappa shape index (κ3) is 2.86. The van der Waals surface area contributed by atoms with E-state index in [0.717, 1.165) is 6.42 Å². The van der Waals surface area contributed by atoms with Gasteiger partial charge in [-0.25, -0.2) is 0 Å². The second-order valence-electron chi connectivity index (χ2n) is 5.16. The summed E-state index contributed by atoms with van der Waals surface area (Å²) in [6.45, 7) is 5.64. The Morgan fingerprint density at radius 2 is 1.95 bits per heavy atom. The summed E-state index contributed by atoms with van der Waals surface area (Å²) in [5.74, 6) is 0.920. The van der Waals surface area contributed by atoms with E-state index >= 15 is 0 Å². The van der Waals surface area contributed by atoms with E-state index in [1.54, 1.807) is 0 Å². The summed E-state index contributed by atoms with van der Waals surface area (Å²) >= 11 is 5.77. The van der Waals surface area contributed by atoms with Gasteiger partial charge in [-0.1, -0.05) is 13.8 Å². The summed E-state index contributed by atoms with van der Waals surface area (Å²) in [6.07, 6.45) is 1.10. The van der Waals surface area contributed by atoms with E-state index in [2.05, 4.69) is 23.8 Å². The summed E-state index contributed by atoms with van der Waals surface area (Å²) < 4.78 is 0. The average molecular weight is 286 g/mol. The zero-order valence-electron chi connectivity index (χ0n) is 10.8. The minimum atomic E-state index is -0.551. The monoisotopic (exact) mass is 285 g/mol. The number of aromatic nitrogens is 2. The van der Waals surface area contributed by atoms with Gasteiger partial charge in [-0.2, -0.15) is 9.97 Å². The first kappa shape index (κ1) is 13.8. The first-order valence-electron chi connectivity index (χ1n) is 6.10. The maximum Gasteiger partial charge on any atom is 0.353 e. The second kappa shape index (κ2) is 5.16. The standard InChI is InChI=1S/C11H16ClN5O2/c1-6-3-7(2)5-16(4-6)10-8(17(18)19)9(13)14-11(12)15-10/h6-7H,3-5H2,1-2H3,(H2,13,14,15)/t6-,7-/m0/s1. The molecule has 2 atom stereocenters. The van der Waals surface area contributed by atoms with Crippen LogP contribution in [-0.4, -0.2) is 28.0 Å². The molecule has 1 saturated heterocycles. The van der Waals surface area contributed by atoms with Gasteiger partial charge < -0.3 is 10.6 Å². The van der Waals surface area contributed by atoms with E-state index in [0.29, 0.717) is 24.9 Å². The van der Waals surface area contributed by atoms with Crippen LogP contribution in [0.15, 0.2) is 0 Å². The zero-order valence-corrected chi connectivity index (χ0v) is 11.6. The van der Waals surface area contributed by atoms with Crippen molar-refractivity contribution in [2.75, 3.05) is 23.7 Å². The van der Waals surface area contributed by atoms with Gasteiger partial charge in [-0.3, -0.25) is 10.1 Å². The van der Waals surface area contributed by atoms with Crippen LogP contribution in [0, 0.1) is 22.0 Å². The number of piperidine rings is 1. The third-order valence-electron chi connectivity index (χ3n) is 3.22. The van der Waals surface area contributed by atoms with Crippen LogP contribution in [0.2, 0.25) is 5.28 Å². The Morgan fingerprint density at radius 1 is 1.37 bits per heavy atom. The van der Waals surface area contributed by atoms with E-state index in [1.165, 1.54) is 0 Å². The molecule has 0 aliphatic carbocycles. The number of nitrogen functional groups attached to an aromatic ring is 1. The van der Waals surface area contributed by atoms with Gasteiger partial charge in [0.25, 0.3) is 0 Å². The molecular formula is C11H16ClN5O2. The Balaban J connectivity index is 2.45. The van der Waals surface area contributed by atoms with Gasteiger partial charge in [0, 0.05) is 13.1 Å². The Labute approximate surface area is 115 Å². The number of hydrogen-bond donors (Lipinski definition) is 1. The number of nitro groups is 1. The van der Waals surface area contributed by atoms with Crippen molar-refractivity contribution in [1.29, 1.82) is 0 Å². The molecule has 104 valence electrons. The highest BCUT2D eigenvalue weighted by Gasteiger charge is 2.31. The van der Waals surface area contributed by atoms with Gasteiger partial charge in [-0.05, 0) is 29.9 Å². The maximum absolute atomic E-state index is 11.1. The molecule has 1 aromatic rings. The lowest BCUT2D eigenvalue weighted by molar-refractivity contribution is -0.383. The molecule has 1 fully saturated rings. The maximum atomic E-state index is 11.1. The van der Waals surface area contributed by atoms with Crippen LogP contribution in [0.5, 0.6) is 0 Å². The van der Waals surface area contributed by atoms with Gasteiger partial charge in [0.2, 0.25) is 16.9 Å². The van der Waals surface area contributed by atoms with Crippen LogP contribution in [0.3, 0.4) is 0 Å². The number of hydrogen-bond acceptors (Lipinski definition) is 6. The van der Waals surface area contributed by atoms with Gasteiger partial charge in [0.15, 0.2) is 0 Å². The lowest BCUT2D eigenvalue weighted by Gasteiger charge is -2.35. The zero-order chi connectivity index (χ0) is 14.2. The van der Waals surface area contributed by atoms with Gasteiger partial charge in [-0.15, -0.1) is 0 Å². The molecule has 0 aromatic carbocycles. The Morgan fingerprint density at radius 3 is 2.47 bits per heavy atom. The van der Waals surface area contributed by atoms with E-state index in [4.69, 9.17) is 17.3 Å². The first-order chi connectivity index (χ1) is 8.88. The fourth-order valence-corrected chi connectivity index (χ4v) is 2.83. The minimum absolute atomic E-state index is 0.0658. The topological polar surface area (TPSA) is 98.2 Å². The summed E-state index contributed by atoms with van der Waals surface area (Å²) in [4.78, 5) is 20.1. The molecule has 1 aliphatic rings. The number of rotatable bonds is 2. The molecule has 0 unspecified atom stereocenters. The number of halogens is 1. The van der Waals surface area contributed by atoms with Crippen LogP contribution in [0.1, 0.15) is 20.3 Å². The van der Waals surface area contributed by atoms with Crippen molar-refractivity contribution >= 4 is 28.9 Å². The van der Waals surface area contributed by atoms with Crippen LogP contribution >= 0.6 is 11.6 Å². The molecule has 1 aromatic heterocycles. The first-order valence-corrected chi connectivity index (χ1v) is 6.48. The smallest absolute Gasteiger partial charge is 0.353 e. The van der Waals surface area contributed by atoms with E-state index in [9.17, 15) is 10.1 Å². The number of nitrogens with zero attached hydrogens (tertiary/aromatic N) is 4. The van der Waals surface area contributed by atoms with Crippen LogP contribution in [-0.2, 0) is 0 Å². The van der Waals surface area contributed by atoms with Gasteiger partial charge >= 0.3 is 5.69 Å². The molecule has 2 N–H and O–H groups in total. The van der Waals surface area contributed by atoms with Crippen LogP contribution in [0.4, 0.5) is 17.3 Å². The van der Waals surface area contributed by atoms with Crippen LogP contribution in [0.25, 0.3) is 0 Å². The summed E-state index contributed by atoms with van der Waals surface area (Å²) in [5.41, 5.74) is 5.34. The molecule has 19 heavy (non-hydrogen) atoms. The van der Waals surface area contributed by atoms with Crippen molar-refractivity contribution < 1.29 is 4.92 Å². The molecule has 0 bridgehead atoms. The largest absolute Gasteiger partial charge is 0.378 e. The molecule has 1 aliphatic heterocycles. The van der Waals surface area contributed by atoms with Gasteiger partial charge in [0.05, 0.1) is 4.92 Å². The van der Waals surface area contributed by atoms with E-state index in [-0.39, 0.29) is 22.6 Å². The summed E-state index contributed by atoms with van der Waals surface area (Å²) in [7, 11) is 0. The lowest BCUT2D eigenvalue weighted by atomic mass is 9.92. The van der Waals surface area contributed by atoms with E-state index in [1.807, 2.05) is 4.90 Å². The number of nitrogens with two attached hydrogens (primary N) is 1. The summed E-state index contributed by atoms with van der Waals surface area (Å²) in [6, 6.07) is 0. The molecular weight excluding hydrogens is 270 g/mol. The van der Waals surface area contributed by atoms with Crippen molar-refractivity contribution in [3.8, 4) is 0 Å². The quantitative estimate of drug-likeness (QED) is 0.507. The predicted octanol–water partition coefficient (Wildman–Crippen LogP) is 2.10. The minimum Gasteiger partial charge on any atom is -0.378 e. The highest BCUT2D eigenvalue weighted by atomic mass is 35.5. The van der Waals surface area contributed by atoms with Crippen molar-refractivity contribution in [2.45, 2.75) is 20.3 Å². The van der Waals surface area contributed by atoms with Crippen molar-refractivity contribution in [3.63, 3.8) is 0 Å². The summed E-state index contributed by atoms with van der Waals surface area (Å²) in [5, 5.41) is 11.1. The Kier molecular flexibility index (Phi) is 3.75. The molecule has 0 amide bonds. The predicted molar refractivity (Wildman–Crippen MR) is 73.3 cm³/mol.